The minimum absolute atomic E-state index is 0.0136. The Morgan fingerprint density at radius 2 is 1.59 bits per heavy atom. The van der Waals surface area contributed by atoms with E-state index in [2.05, 4.69) is 27.7 Å². The molecule has 0 aliphatic carbocycles. The fourth-order valence-corrected chi connectivity index (χ4v) is 9.19. The number of benzene rings is 3. The number of nitrogens with zero attached hydrogens (tertiary/aromatic N) is 3. The molecule has 1 unspecified atom stereocenters. The van der Waals surface area contributed by atoms with Crippen molar-refractivity contribution in [3.05, 3.63) is 87.4 Å². The molecule has 2 atom stereocenters. The summed E-state index contributed by atoms with van der Waals surface area (Å²) in [6, 6.07) is 19.4. The van der Waals surface area contributed by atoms with Crippen molar-refractivity contribution in [2.75, 3.05) is 80.3 Å². The largest absolute Gasteiger partial charge is 0.493 e. The zero-order valence-corrected chi connectivity index (χ0v) is 35.6. The summed E-state index contributed by atoms with van der Waals surface area (Å²) in [5.41, 5.74) is 1.71. The predicted molar refractivity (Wildman–Crippen MR) is 226 cm³/mol. The molecule has 3 amide bonds. The van der Waals surface area contributed by atoms with E-state index in [1.807, 2.05) is 53.1 Å². The summed E-state index contributed by atoms with van der Waals surface area (Å²) in [6.07, 6.45) is 4.76. The number of amides is 3. The van der Waals surface area contributed by atoms with Crippen LogP contribution >= 0.6 is 23.2 Å². The van der Waals surface area contributed by atoms with Gasteiger partial charge in [-0.25, -0.2) is 4.79 Å². The third kappa shape index (κ3) is 9.79. The van der Waals surface area contributed by atoms with E-state index in [0.29, 0.717) is 78.5 Å². The monoisotopic (exact) mass is 837 g/mol. The second-order valence-electron chi connectivity index (χ2n) is 15.5. The van der Waals surface area contributed by atoms with Gasteiger partial charge in [0.2, 0.25) is 5.75 Å². The Labute approximate surface area is 352 Å². The van der Waals surface area contributed by atoms with Crippen molar-refractivity contribution in [2.45, 2.75) is 68.9 Å². The summed E-state index contributed by atoms with van der Waals surface area (Å²) in [5, 5.41) is 7.93. The Bertz CT molecular complexity index is 1870. The molecule has 0 saturated carbocycles. The number of carbonyl (C=O) groups excluding carboxylic acids is 3. The molecule has 3 heterocycles. The Kier molecular flexibility index (Phi) is 14.7. The number of rotatable bonds is 15. The van der Waals surface area contributed by atoms with Gasteiger partial charge in [0.25, 0.3) is 5.91 Å². The first-order valence-corrected chi connectivity index (χ1v) is 21.1. The van der Waals surface area contributed by atoms with Crippen LogP contribution in [0.3, 0.4) is 0 Å². The van der Waals surface area contributed by atoms with Crippen LogP contribution in [-0.4, -0.2) is 119 Å². The number of methoxy groups -OCH3 is 3. The number of piperidine rings is 1. The molecule has 3 aromatic rings. The van der Waals surface area contributed by atoms with Gasteiger partial charge >= 0.3 is 12.0 Å². The molecule has 3 fully saturated rings. The lowest BCUT2D eigenvalue weighted by Crippen LogP contribution is -2.61. The van der Waals surface area contributed by atoms with Crippen LogP contribution in [-0.2, 0) is 20.5 Å². The molecule has 0 aromatic heterocycles. The van der Waals surface area contributed by atoms with Crippen LogP contribution in [0, 0.1) is 0 Å². The molecule has 12 nitrogen and oxygen atoms in total. The summed E-state index contributed by atoms with van der Waals surface area (Å²) in [7, 11) is 4.61. The third-order valence-electron chi connectivity index (χ3n) is 12.2. The molecule has 0 bridgehead atoms. The number of halogens is 2. The molecule has 2 N–H and O–H groups in total. The van der Waals surface area contributed by atoms with Crippen molar-refractivity contribution < 1.29 is 33.3 Å². The van der Waals surface area contributed by atoms with Gasteiger partial charge in [0.15, 0.2) is 11.5 Å². The molecule has 3 aliphatic rings. The van der Waals surface area contributed by atoms with Crippen LogP contribution in [0.5, 0.6) is 17.2 Å². The van der Waals surface area contributed by atoms with Crippen molar-refractivity contribution >= 4 is 41.1 Å². The predicted octanol–water partition coefficient (Wildman–Crippen LogP) is 6.90. The van der Waals surface area contributed by atoms with Crippen molar-refractivity contribution in [3.8, 4) is 17.2 Å². The highest BCUT2D eigenvalue weighted by atomic mass is 35.5. The Balaban J connectivity index is 1.16. The first-order chi connectivity index (χ1) is 28.0. The van der Waals surface area contributed by atoms with E-state index >= 15 is 0 Å². The van der Waals surface area contributed by atoms with Crippen LogP contribution in [0.4, 0.5) is 4.79 Å². The van der Waals surface area contributed by atoms with E-state index in [1.54, 1.807) is 12.1 Å². The van der Waals surface area contributed by atoms with Crippen LogP contribution < -0.4 is 24.8 Å². The highest BCUT2D eigenvalue weighted by molar-refractivity contribution is 6.42. The summed E-state index contributed by atoms with van der Waals surface area (Å²) < 4.78 is 21.7. The van der Waals surface area contributed by atoms with Gasteiger partial charge in [0.05, 0.1) is 43.5 Å². The van der Waals surface area contributed by atoms with Gasteiger partial charge in [-0.2, -0.15) is 0 Å². The Morgan fingerprint density at radius 3 is 2.24 bits per heavy atom. The van der Waals surface area contributed by atoms with Crippen LogP contribution in [0.1, 0.15) is 73.4 Å². The highest BCUT2D eigenvalue weighted by Crippen LogP contribution is 2.43. The van der Waals surface area contributed by atoms with Gasteiger partial charge in [-0.05, 0) is 87.4 Å². The van der Waals surface area contributed by atoms with Gasteiger partial charge in [-0.1, -0.05) is 59.6 Å². The average Bonchev–Trinajstić information content (AvgIpc) is 3.69. The number of carbonyl (C=O) groups is 3. The fourth-order valence-electron chi connectivity index (χ4n) is 8.89. The van der Waals surface area contributed by atoms with Crippen LogP contribution in [0.25, 0.3) is 0 Å². The maximum Gasteiger partial charge on any atom is 0.318 e. The summed E-state index contributed by atoms with van der Waals surface area (Å²) in [5.74, 6) is 0.961. The summed E-state index contributed by atoms with van der Waals surface area (Å²) in [4.78, 5) is 46.6. The number of piperazine rings is 1. The molecule has 0 radical (unpaired) electrons. The van der Waals surface area contributed by atoms with Crippen molar-refractivity contribution in [1.29, 1.82) is 0 Å². The van der Waals surface area contributed by atoms with E-state index in [-0.39, 0.29) is 29.4 Å². The molecule has 3 saturated heterocycles. The lowest BCUT2D eigenvalue weighted by atomic mass is 9.76. The number of likely N-dealkylation sites (tertiary alicyclic amines) is 2. The smallest absolute Gasteiger partial charge is 0.318 e. The van der Waals surface area contributed by atoms with E-state index in [9.17, 15) is 14.4 Å². The van der Waals surface area contributed by atoms with Crippen molar-refractivity contribution in [2.24, 2.45) is 0 Å². The average molecular weight is 839 g/mol. The Hall–Kier alpha value is -4.23. The molecule has 6 rings (SSSR count). The maximum absolute atomic E-state index is 14.2. The maximum atomic E-state index is 14.2. The van der Waals surface area contributed by atoms with E-state index < -0.39 is 5.54 Å². The lowest BCUT2D eigenvalue weighted by molar-refractivity contribution is -0.143. The number of hydrogen-bond acceptors (Lipinski definition) is 9. The second-order valence-corrected chi connectivity index (χ2v) is 16.3. The first-order valence-electron chi connectivity index (χ1n) is 20.3. The quantitative estimate of drug-likeness (QED) is 0.158. The molecule has 58 heavy (non-hydrogen) atoms. The van der Waals surface area contributed by atoms with E-state index in [1.165, 1.54) is 21.3 Å². The number of ether oxygens (including phenoxy) is 4. The molecule has 0 spiro atoms. The van der Waals surface area contributed by atoms with Crippen molar-refractivity contribution in [1.82, 2.24) is 25.3 Å². The first kappa shape index (κ1) is 43.4. The highest BCUT2D eigenvalue weighted by Gasteiger charge is 2.44. The van der Waals surface area contributed by atoms with Gasteiger partial charge in [0, 0.05) is 69.3 Å². The van der Waals surface area contributed by atoms with Gasteiger partial charge in [-0.15, -0.1) is 0 Å². The minimum atomic E-state index is -0.534. The second kappa shape index (κ2) is 19.7. The standard InChI is InChI=1S/C44H57Cl2N5O7/c1-5-58-39(52)13-9-12-34-29-47-20-25-51(34)42(54)48-44(32-10-7-6-8-11-32)18-22-49(23-19-44)21-16-43(33-14-15-35(45)36(46)28-33)17-24-50(30-43)41(53)31-26-37(55-2)40(57-4)38(27-31)56-3/h6-8,10-11,14-15,26-28,34,47H,5,9,12-13,16-25,29-30H2,1-4H3,(H,48,54)/t34-,43?/m0/s1. The van der Waals surface area contributed by atoms with Gasteiger partial charge in [0.1, 0.15) is 0 Å². The van der Waals surface area contributed by atoms with Crippen LogP contribution in [0.15, 0.2) is 60.7 Å². The minimum Gasteiger partial charge on any atom is -0.493 e. The number of nitrogens with one attached hydrogen (secondary N) is 2. The number of hydrogen-bond donors (Lipinski definition) is 2. The summed E-state index contributed by atoms with van der Waals surface area (Å²) in [6.45, 7) is 7.62. The van der Waals surface area contributed by atoms with E-state index in [4.69, 9.17) is 42.1 Å². The third-order valence-corrected chi connectivity index (χ3v) is 12.9. The Morgan fingerprint density at radius 1 is 0.862 bits per heavy atom. The molecule has 314 valence electrons. The van der Waals surface area contributed by atoms with Gasteiger partial charge in [-0.3, -0.25) is 9.59 Å². The fraction of sp³-hybridized carbons (Fsp3) is 0.523. The topological polar surface area (TPSA) is 122 Å². The number of esters is 1. The molecular formula is C44H57Cl2N5O7. The normalized spacial score (nSPS) is 20.7. The van der Waals surface area contributed by atoms with E-state index in [0.717, 1.165) is 69.4 Å². The number of urea groups is 1. The summed E-state index contributed by atoms with van der Waals surface area (Å²) >= 11 is 13.0. The van der Waals surface area contributed by atoms with Crippen molar-refractivity contribution in [3.63, 3.8) is 0 Å². The molecular weight excluding hydrogens is 781 g/mol. The van der Waals surface area contributed by atoms with Crippen LogP contribution in [0.2, 0.25) is 10.0 Å². The molecule has 3 aromatic carbocycles. The lowest BCUT2D eigenvalue weighted by Gasteiger charge is -2.46. The molecule has 14 heteroatoms. The zero-order valence-electron chi connectivity index (χ0n) is 34.1. The molecule has 3 aliphatic heterocycles. The SMILES string of the molecule is CCOC(=O)CCC[C@H]1CNCCN1C(=O)NC1(c2ccccc2)CCN(CCC2(c3ccc(Cl)c(Cl)c3)CCN(C(=O)c3cc(OC)c(OC)c(OC)c3)C2)CC1. The van der Waals surface area contributed by atoms with Gasteiger partial charge < -0.3 is 44.3 Å². The zero-order chi connectivity index (χ0) is 41.3.